The molecule has 8 nitrogen and oxygen atoms in total. The number of hydrogen-bond acceptors (Lipinski definition) is 7. The van der Waals surface area contributed by atoms with E-state index in [4.69, 9.17) is 5.73 Å². The molecule has 0 atom stereocenters. The topological polar surface area (TPSA) is 116 Å². The Kier molecular flexibility index (Phi) is 4.12. The lowest BCUT2D eigenvalue weighted by Crippen LogP contribution is -2.25. The van der Waals surface area contributed by atoms with E-state index in [1.807, 2.05) is 0 Å². The van der Waals surface area contributed by atoms with Crippen LogP contribution in [0, 0.1) is 6.92 Å². The highest BCUT2D eigenvalue weighted by molar-refractivity contribution is 7.91. The van der Waals surface area contributed by atoms with E-state index in [0.717, 1.165) is 11.3 Å². The smallest absolute Gasteiger partial charge is 0.252 e. The fourth-order valence-corrected chi connectivity index (χ4v) is 3.93. The van der Waals surface area contributed by atoms with Crippen molar-refractivity contribution in [1.82, 2.24) is 24.7 Å². The van der Waals surface area contributed by atoms with Crippen LogP contribution in [-0.4, -0.2) is 34.9 Å². The Morgan fingerprint density at radius 1 is 1.53 bits per heavy atom. The number of sulfonamides is 1. The van der Waals surface area contributed by atoms with Gasteiger partial charge in [-0.15, -0.1) is 5.10 Å². The Hall–Kier alpha value is -1.52. The molecule has 2 rings (SSSR count). The van der Waals surface area contributed by atoms with Gasteiger partial charge in [0.05, 0.1) is 11.9 Å². The van der Waals surface area contributed by atoms with Gasteiger partial charge >= 0.3 is 0 Å². The Morgan fingerprint density at radius 3 is 2.89 bits per heavy atom. The normalized spacial score (nSPS) is 11.8. The van der Waals surface area contributed by atoms with Crippen LogP contribution in [0.3, 0.4) is 0 Å². The van der Waals surface area contributed by atoms with Crippen molar-refractivity contribution in [3.05, 3.63) is 18.1 Å². The summed E-state index contributed by atoms with van der Waals surface area (Å²) >= 11 is 0.966. The SMILES string of the molecule is Cc1nc(N)sc1S(=O)(=O)NCCCn1ccnn1. The first kappa shape index (κ1) is 13.9. The van der Waals surface area contributed by atoms with E-state index in [1.54, 1.807) is 24.0 Å². The molecule has 0 aliphatic rings. The fraction of sp³-hybridized carbons (Fsp3) is 0.444. The lowest BCUT2D eigenvalue weighted by Gasteiger charge is -2.05. The Balaban J connectivity index is 1.89. The number of nitrogens with one attached hydrogen (secondary N) is 1. The van der Waals surface area contributed by atoms with Crippen LogP contribution < -0.4 is 10.5 Å². The summed E-state index contributed by atoms with van der Waals surface area (Å²) in [6.45, 7) is 2.54. The average Bonchev–Trinajstić information content (AvgIpc) is 2.94. The summed E-state index contributed by atoms with van der Waals surface area (Å²) in [7, 11) is -3.53. The van der Waals surface area contributed by atoms with Gasteiger partial charge in [-0.3, -0.25) is 4.68 Å². The summed E-state index contributed by atoms with van der Waals surface area (Å²) in [5.74, 6) is 0. The minimum Gasteiger partial charge on any atom is -0.375 e. The zero-order chi connectivity index (χ0) is 13.9. The number of anilines is 1. The van der Waals surface area contributed by atoms with E-state index in [-0.39, 0.29) is 9.34 Å². The zero-order valence-electron chi connectivity index (χ0n) is 10.3. The first-order valence-electron chi connectivity index (χ1n) is 5.56. The summed E-state index contributed by atoms with van der Waals surface area (Å²) < 4.78 is 28.3. The number of nitrogens with zero attached hydrogens (tertiary/aromatic N) is 4. The highest BCUT2D eigenvalue weighted by atomic mass is 32.2. The van der Waals surface area contributed by atoms with E-state index in [2.05, 4.69) is 20.0 Å². The summed E-state index contributed by atoms with van der Waals surface area (Å²) in [4.78, 5) is 3.90. The van der Waals surface area contributed by atoms with Gasteiger partial charge in [0.1, 0.15) is 0 Å². The summed E-state index contributed by atoms with van der Waals surface area (Å²) in [6.07, 6.45) is 3.92. The monoisotopic (exact) mass is 302 g/mol. The first-order valence-corrected chi connectivity index (χ1v) is 7.85. The first-order chi connectivity index (χ1) is 8.99. The van der Waals surface area contributed by atoms with E-state index < -0.39 is 10.0 Å². The lowest BCUT2D eigenvalue weighted by atomic mass is 10.4. The van der Waals surface area contributed by atoms with Crippen LogP contribution in [-0.2, 0) is 16.6 Å². The van der Waals surface area contributed by atoms with E-state index in [1.165, 1.54) is 0 Å². The molecule has 0 bridgehead atoms. The number of aromatic nitrogens is 4. The van der Waals surface area contributed by atoms with Gasteiger partial charge in [0.25, 0.3) is 10.0 Å². The molecular formula is C9H14N6O2S2. The van der Waals surface area contributed by atoms with Crippen LogP contribution in [0.4, 0.5) is 5.13 Å². The fourth-order valence-electron chi connectivity index (χ4n) is 1.52. The number of thiazole rings is 1. The number of rotatable bonds is 6. The summed E-state index contributed by atoms with van der Waals surface area (Å²) in [5, 5.41) is 7.71. The number of aryl methyl sites for hydroxylation is 2. The molecule has 2 heterocycles. The molecule has 0 saturated carbocycles. The predicted molar refractivity (Wildman–Crippen MR) is 71.1 cm³/mol. The van der Waals surface area contributed by atoms with Crippen LogP contribution >= 0.6 is 11.3 Å². The molecule has 2 aromatic rings. The van der Waals surface area contributed by atoms with E-state index >= 15 is 0 Å². The van der Waals surface area contributed by atoms with E-state index in [0.29, 0.717) is 25.2 Å². The van der Waals surface area contributed by atoms with Crippen molar-refractivity contribution in [3.63, 3.8) is 0 Å². The van der Waals surface area contributed by atoms with Gasteiger partial charge in [0.15, 0.2) is 9.34 Å². The molecule has 104 valence electrons. The van der Waals surface area contributed by atoms with Gasteiger partial charge in [-0.05, 0) is 13.3 Å². The Labute approximate surface area is 114 Å². The quantitative estimate of drug-likeness (QED) is 0.725. The van der Waals surface area contributed by atoms with Crippen LogP contribution in [0.15, 0.2) is 16.6 Å². The van der Waals surface area contributed by atoms with Gasteiger partial charge in [0, 0.05) is 19.3 Å². The molecule has 0 saturated heterocycles. The second kappa shape index (κ2) is 5.63. The van der Waals surface area contributed by atoms with Crippen molar-refractivity contribution in [2.24, 2.45) is 0 Å². The molecule has 0 spiro atoms. The molecule has 0 unspecified atom stereocenters. The van der Waals surface area contributed by atoms with Gasteiger partial charge in [-0.2, -0.15) is 0 Å². The van der Waals surface area contributed by atoms with Gasteiger partial charge in [-0.25, -0.2) is 18.1 Å². The highest BCUT2D eigenvalue weighted by Crippen LogP contribution is 2.24. The standard InChI is InChI=1S/C9H14N6O2S2/c1-7-8(18-9(10)13-7)19(16,17)12-3-2-5-15-6-4-11-14-15/h4,6,12H,2-3,5H2,1H3,(H2,10,13). The maximum Gasteiger partial charge on any atom is 0.252 e. The van der Waals surface area contributed by atoms with Crippen molar-refractivity contribution in [2.75, 3.05) is 12.3 Å². The number of nitrogen functional groups attached to an aromatic ring is 1. The third kappa shape index (κ3) is 3.49. The van der Waals surface area contributed by atoms with Crippen LogP contribution in [0.5, 0.6) is 0 Å². The largest absolute Gasteiger partial charge is 0.375 e. The van der Waals surface area contributed by atoms with Crippen LogP contribution in [0.1, 0.15) is 12.1 Å². The molecule has 0 fully saturated rings. The second-order valence-electron chi connectivity index (χ2n) is 3.84. The van der Waals surface area contributed by atoms with Gasteiger partial charge in [-0.1, -0.05) is 16.6 Å². The van der Waals surface area contributed by atoms with Crippen LogP contribution in [0.2, 0.25) is 0 Å². The zero-order valence-corrected chi connectivity index (χ0v) is 11.9. The molecule has 10 heteroatoms. The molecule has 0 aromatic carbocycles. The van der Waals surface area contributed by atoms with E-state index in [9.17, 15) is 8.42 Å². The second-order valence-corrected chi connectivity index (χ2v) is 6.84. The average molecular weight is 302 g/mol. The van der Waals surface area contributed by atoms with Crippen molar-refractivity contribution >= 4 is 26.5 Å². The molecule has 2 aromatic heterocycles. The molecule has 3 N–H and O–H groups in total. The van der Waals surface area contributed by atoms with Crippen molar-refractivity contribution in [1.29, 1.82) is 0 Å². The Morgan fingerprint density at radius 2 is 2.32 bits per heavy atom. The third-order valence-electron chi connectivity index (χ3n) is 2.34. The Bertz CT molecular complexity index is 634. The molecule has 0 aliphatic carbocycles. The molecule has 0 aliphatic heterocycles. The highest BCUT2D eigenvalue weighted by Gasteiger charge is 2.20. The molecule has 0 radical (unpaired) electrons. The summed E-state index contributed by atoms with van der Waals surface area (Å²) in [6, 6.07) is 0. The van der Waals surface area contributed by atoms with Gasteiger partial charge < -0.3 is 5.73 Å². The predicted octanol–water partition coefficient (Wildman–Crippen LogP) is -0.00618. The van der Waals surface area contributed by atoms with Crippen molar-refractivity contribution in [3.8, 4) is 0 Å². The van der Waals surface area contributed by atoms with Gasteiger partial charge in [0.2, 0.25) is 0 Å². The molecule has 0 amide bonds. The maximum atomic E-state index is 12.0. The lowest BCUT2D eigenvalue weighted by molar-refractivity contribution is 0.543. The number of nitrogens with two attached hydrogens (primary N) is 1. The minimum atomic E-state index is -3.53. The third-order valence-corrected chi connectivity index (χ3v) is 5.40. The van der Waals surface area contributed by atoms with Crippen molar-refractivity contribution in [2.45, 2.75) is 24.1 Å². The molecule has 19 heavy (non-hydrogen) atoms. The maximum absolute atomic E-state index is 12.0. The molecular weight excluding hydrogens is 288 g/mol. The minimum absolute atomic E-state index is 0.172. The number of hydrogen-bond donors (Lipinski definition) is 2. The van der Waals surface area contributed by atoms with Crippen LogP contribution in [0.25, 0.3) is 0 Å². The summed E-state index contributed by atoms with van der Waals surface area (Å²) in [5.41, 5.74) is 5.91. The van der Waals surface area contributed by atoms with Crippen molar-refractivity contribution < 1.29 is 8.42 Å².